The van der Waals surface area contributed by atoms with Crippen LogP contribution in [0.25, 0.3) is 0 Å². The van der Waals surface area contributed by atoms with Crippen LogP contribution in [-0.2, 0) is 4.79 Å². The Morgan fingerprint density at radius 2 is 1.96 bits per heavy atom. The lowest BCUT2D eigenvalue weighted by atomic mass is 10.2. The van der Waals surface area contributed by atoms with Crippen molar-refractivity contribution in [3.05, 3.63) is 58.1 Å². The number of nitro groups is 1. The third-order valence-electron chi connectivity index (χ3n) is 3.03. The molecule has 0 aliphatic carbocycles. The Bertz CT molecular complexity index is 789. The van der Waals surface area contributed by atoms with Gasteiger partial charge in [-0.25, -0.2) is 5.43 Å². The molecule has 0 unspecified atom stereocenters. The summed E-state index contributed by atoms with van der Waals surface area (Å²) in [5, 5.41) is 23.8. The van der Waals surface area contributed by atoms with E-state index in [0.29, 0.717) is 17.1 Å². The maximum atomic E-state index is 11.6. The number of carbonyl (C=O) groups is 1. The molecule has 9 heteroatoms. The first-order chi connectivity index (χ1) is 12.0. The molecule has 0 spiro atoms. The number of phenolic OH excluding ortho intramolecular Hbond substituents is 1. The van der Waals surface area contributed by atoms with Gasteiger partial charge >= 0.3 is 5.69 Å². The van der Waals surface area contributed by atoms with Crippen molar-refractivity contribution in [3.63, 3.8) is 0 Å². The standard InChI is InChI=1S/C16H15N3O6/c1-24-12-3-5-13(6-4-12)25-10-16(21)18-17-9-11-2-7-15(20)14(8-11)19(22)23/h2-9,20H,10H2,1H3,(H,18,21)/b17-9+. The van der Waals surface area contributed by atoms with Crippen molar-refractivity contribution in [1.82, 2.24) is 5.43 Å². The van der Waals surface area contributed by atoms with Gasteiger partial charge < -0.3 is 14.6 Å². The number of methoxy groups -OCH3 is 1. The highest BCUT2D eigenvalue weighted by Crippen LogP contribution is 2.25. The van der Waals surface area contributed by atoms with Gasteiger partial charge in [0.25, 0.3) is 5.91 Å². The van der Waals surface area contributed by atoms with Gasteiger partial charge in [0, 0.05) is 11.6 Å². The first kappa shape index (κ1) is 17.7. The molecule has 2 aromatic carbocycles. The van der Waals surface area contributed by atoms with Crippen LogP contribution in [0, 0.1) is 10.1 Å². The van der Waals surface area contributed by atoms with E-state index in [0.717, 1.165) is 6.07 Å². The molecule has 0 saturated carbocycles. The van der Waals surface area contributed by atoms with Crippen LogP contribution in [-0.4, -0.2) is 35.9 Å². The largest absolute Gasteiger partial charge is 0.502 e. The van der Waals surface area contributed by atoms with Gasteiger partial charge in [-0.05, 0) is 36.4 Å². The minimum atomic E-state index is -0.714. The van der Waals surface area contributed by atoms with Crippen molar-refractivity contribution in [2.75, 3.05) is 13.7 Å². The summed E-state index contributed by atoms with van der Waals surface area (Å²) in [5.74, 6) is 0.220. The zero-order chi connectivity index (χ0) is 18.2. The molecule has 2 N–H and O–H groups in total. The first-order valence-corrected chi connectivity index (χ1v) is 7.06. The van der Waals surface area contributed by atoms with Gasteiger partial charge in [0.05, 0.1) is 18.2 Å². The second-order valence-electron chi connectivity index (χ2n) is 4.76. The Hall–Kier alpha value is -3.62. The van der Waals surface area contributed by atoms with Gasteiger partial charge in [0.2, 0.25) is 0 Å². The molecule has 0 fully saturated rings. The molecule has 0 heterocycles. The predicted molar refractivity (Wildman–Crippen MR) is 89.0 cm³/mol. The monoisotopic (exact) mass is 345 g/mol. The highest BCUT2D eigenvalue weighted by Gasteiger charge is 2.12. The average molecular weight is 345 g/mol. The van der Waals surface area contributed by atoms with Gasteiger partial charge in [0.15, 0.2) is 12.4 Å². The molecule has 0 aliphatic heterocycles. The second kappa shape index (κ2) is 8.29. The van der Waals surface area contributed by atoms with E-state index in [1.807, 2.05) is 0 Å². The summed E-state index contributed by atoms with van der Waals surface area (Å²) in [4.78, 5) is 21.6. The minimum Gasteiger partial charge on any atom is -0.502 e. The summed E-state index contributed by atoms with van der Waals surface area (Å²) < 4.78 is 10.3. The van der Waals surface area contributed by atoms with Crippen molar-refractivity contribution < 1.29 is 24.3 Å². The van der Waals surface area contributed by atoms with Gasteiger partial charge in [-0.1, -0.05) is 0 Å². The highest BCUT2D eigenvalue weighted by molar-refractivity contribution is 5.84. The van der Waals surface area contributed by atoms with Crippen molar-refractivity contribution in [1.29, 1.82) is 0 Å². The van der Waals surface area contributed by atoms with E-state index in [1.165, 1.54) is 18.3 Å². The smallest absolute Gasteiger partial charge is 0.311 e. The number of phenols is 1. The predicted octanol–water partition coefficient (Wildman–Crippen LogP) is 1.84. The number of hydrazone groups is 1. The van der Waals surface area contributed by atoms with Crippen molar-refractivity contribution in [2.24, 2.45) is 5.10 Å². The minimum absolute atomic E-state index is 0.251. The normalized spacial score (nSPS) is 10.4. The number of hydrogen-bond donors (Lipinski definition) is 2. The van der Waals surface area contributed by atoms with Crippen molar-refractivity contribution in [3.8, 4) is 17.2 Å². The lowest BCUT2D eigenvalue weighted by Gasteiger charge is -2.05. The lowest BCUT2D eigenvalue weighted by molar-refractivity contribution is -0.385. The molecule has 1 amide bonds. The molecule has 0 radical (unpaired) electrons. The van der Waals surface area contributed by atoms with Gasteiger partial charge in [0.1, 0.15) is 11.5 Å². The molecule has 0 bridgehead atoms. The Morgan fingerprint density at radius 3 is 2.60 bits per heavy atom. The van der Waals surface area contributed by atoms with E-state index >= 15 is 0 Å². The molecule has 2 aromatic rings. The van der Waals surface area contributed by atoms with Gasteiger partial charge in [-0.2, -0.15) is 5.10 Å². The van der Waals surface area contributed by atoms with E-state index in [2.05, 4.69) is 10.5 Å². The van der Waals surface area contributed by atoms with Crippen LogP contribution >= 0.6 is 0 Å². The van der Waals surface area contributed by atoms with Gasteiger partial charge in [-0.15, -0.1) is 0 Å². The molecule has 25 heavy (non-hydrogen) atoms. The Kier molecular flexibility index (Phi) is 5.88. The number of aromatic hydroxyl groups is 1. The van der Waals surface area contributed by atoms with Gasteiger partial charge in [-0.3, -0.25) is 14.9 Å². The lowest BCUT2D eigenvalue weighted by Crippen LogP contribution is -2.24. The summed E-state index contributed by atoms with van der Waals surface area (Å²) in [6.07, 6.45) is 1.22. The summed E-state index contributed by atoms with van der Waals surface area (Å²) in [5.41, 5.74) is 2.14. The molecule has 0 aromatic heterocycles. The van der Waals surface area contributed by atoms with Crippen LogP contribution in [0.5, 0.6) is 17.2 Å². The van der Waals surface area contributed by atoms with E-state index < -0.39 is 22.3 Å². The fourth-order valence-corrected chi connectivity index (χ4v) is 1.80. The zero-order valence-corrected chi connectivity index (χ0v) is 13.2. The molecule has 0 saturated heterocycles. The number of benzene rings is 2. The van der Waals surface area contributed by atoms with Crippen LogP contribution in [0.4, 0.5) is 5.69 Å². The van der Waals surface area contributed by atoms with Crippen LogP contribution < -0.4 is 14.9 Å². The fraction of sp³-hybridized carbons (Fsp3) is 0.125. The van der Waals surface area contributed by atoms with E-state index in [-0.39, 0.29) is 6.61 Å². The molecule has 9 nitrogen and oxygen atoms in total. The average Bonchev–Trinajstić information content (AvgIpc) is 2.61. The van der Waals surface area contributed by atoms with Crippen molar-refractivity contribution >= 4 is 17.8 Å². The van der Waals surface area contributed by atoms with Crippen molar-refractivity contribution in [2.45, 2.75) is 0 Å². The maximum absolute atomic E-state index is 11.6. The van der Waals surface area contributed by atoms with Crippen LogP contribution in [0.3, 0.4) is 0 Å². The molecular formula is C16H15N3O6. The SMILES string of the molecule is COc1ccc(OCC(=O)N/N=C/c2ccc(O)c([N+](=O)[O-])c2)cc1. The fourth-order valence-electron chi connectivity index (χ4n) is 1.80. The highest BCUT2D eigenvalue weighted by atomic mass is 16.6. The van der Waals surface area contributed by atoms with Crippen LogP contribution in [0.1, 0.15) is 5.56 Å². The number of carbonyl (C=O) groups excluding carboxylic acids is 1. The third-order valence-corrected chi connectivity index (χ3v) is 3.03. The molecule has 130 valence electrons. The van der Waals surface area contributed by atoms with E-state index in [1.54, 1.807) is 31.4 Å². The third kappa shape index (κ3) is 5.20. The quantitative estimate of drug-likeness (QED) is 0.448. The molecule has 0 atom stereocenters. The molecule has 2 rings (SSSR count). The first-order valence-electron chi connectivity index (χ1n) is 7.06. The van der Waals surface area contributed by atoms with Crippen LogP contribution in [0.15, 0.2) is 47.6 Å². The summed E-state index contributed by atoms with van der Waals surface area (Å²) in [6, 6.07) is 10.4. The zero-order valence-electron chi connectivity index (χ0n) is 13.2. The number of hydrogen-bond acceptors (Lipinski definition) is 7. The number of amides is 1. The molecule has 0 aliphatic rings. The number of nitrogens with zero attached hydrogens (tertiary/aromatic N) is 2. The topological polar surface area (TPSA) is 123 Å². The Balaban J connectivity index is 1.85. The number of nitrogens with one attached hydrogen (secondary N) is 1. The molecular weight excluding hydrogens is 330 g/mol. The van der Waals surface area contributed by atoms with E-state index in [9.17, 15) is 20.0 Å². The summed E-state index contributed by atoms with van der Waals surface area (Å²) in [6.45, 7) is -0.251. The Labute approximate surface area is 142 Å². The summed E-state index contributed by atoms with van der Waals surface area (Å²) in [7, 11) is 1.55. The number of nitro benzene ring substituents is 1. The van der Waals surface area contributed by atoms with E-state index in [4.69, 9.17) is 9.47 Å². The number of rotatable bonds is 7. The maximum Gasteiger partial charge on any atom is 0.311 e. The summed E-state index contributed by atoms with van der Waals surface area (Å²) >= 11 is 0. The van der Waals surface area contributed by atoms with Crippen LogP contribution in [0.2, 0.25) is 0 Å². The second-order valence-corrected chi connectivity index (χ2v) is 4.76. The Morgan fingerprint density at radius 1 is 1.28 bits per heavy atom. The number of ether oxygens (including phenoxy) is 2.